The van der Waals surface area contributed by atoms with Crippen molar-refractivity contribution in [3.63, 3.8) is 0 Å². The molecule has 0 saturated heterocycles. The van der Waals surface area contributed by atoms with Gasteiger partial charge in [-0.1, -0.05) is 48.5 Å². The van der Waals surface area contributed by atoms with Gasteiger partial charge in [0, 0.05) is 22.2 Å². The Hall–Kier alpha value is -3.38. The van der Waals surface area contributed by atoms with Crippen LogP contribution in [0.15, 0.2) is 78.4 Å². The quantitative estimate of drug-likeness (QED) is 0.474. The van der Waals surface area contributed by atoms with Crippen LogP contribution in [0.5, 0.6) is 0 Å². The normalized spacial score (nSPS) is 11.1. The maximum atomic E-state index is 4.58. The second kappa shape index (κ2) is 6.16. The van der Waals surface area contributed by atoms with Gasteiger partial charge in [0.05, 0.1) is 6.20 Å². The Balaban J connectivity index is 1.58. The van der Waals surface area contributed by atoms with Crippen LogP contribution < -0.4 is 0 Å². The molecule has 0 unspecified atom stereocenters. The van der Waals surface area contributed by atoms with Gasteiger partial charge in [0.25, 0.3) is 0 Å². The molecule has 26 heavy (non-hydrogen) atoms. The van der Waals surface area contributed by atoms with E-state index >= 15 is 0 Å². The number of pyridine rings is 1. The molecule has 0 amide bonds. The minimum atomic E-state index is 0.600. The summed E-state index contributed by atoms with van der Waals surface area (Å²) < 4.78 is 0. The third kappa shape index (κ3) is 2.57. The maximum absolute atomic E-state index is 4.58. The molecule has 0 aliphatic rings. The fourth-order valence-corrected chi connectivity index (χ4v) is 3.68. The van der Waals surface area contributed by atoms with Crippen LogP contribution in [-0.2, 0) is 0 Å². The van der Waals surface area contributed by atoms with Crippen molar-refractivity contribution in [3.05, 3.63) is 78.4 Å². The zero-order valence-electron chi connectivity index (χ0n) is 13.6. The van der Waals surface area contributed by atoms with Crippen LogP contribution in [0.25, 0.3) is 38.3 Å². The molecule has 0 aliphatic heterocycles. The van der Waals surface area contributed by atoms with Gasteiger partial charge in [0.2, 0.25) is 5.82 Å². The minimum absolute atomic E-state index is 0.600. The van der Waals surface area contributed by atoms with Gasteiger partial charge in [-0.05, 0) is 33.5 Å². The number of rotatable bonds is 3. The molecule has 0 aliphatic carbocycles. The summed E-state index contributed by atoms with van der Waals surface area (Å²) in [4.78, 5) is 7.02. The van der Waals surface area contributed by atoms with E-state index in [0.717, 1.165) is 32.5 Å². The van der Waals surface area contributed by atoms with Crippen molar-refractivity contribution in [2.45, 2.75) is 0 Å². The van der Waals surface area contributed by atoms with Crippen LogP contribution in [0.2, 0.25) is 0 Å². The number of thiophene rings is 1. The Morgan fingerprint density at radius 2 is 1.81 bits per heavy atom. The molecule has 0 N–H and O–H groups in total. The molecule has 5 aromatic rings. The van der Waals surface area contributed by atoms with E-state index in [1.165, 1.54) is 4.80 Å². The largest absolute Gasteiger partial charge is 0.262 e. The minimum Gasteiger partial charge on any atom is -0.262 e. The summed E-state index contributed by atoms with van der Waals surface area (Å²) in [5.74, 6) is 0.600. The van der Waals surface area contributed by atoms with E-state index in [2.05, 4.69) is 44.7 Å². The predicted octanol–water partition coefficient (Wildman–Crippen LogP) is 4.61. The fourth-order valence-electron chi connectivity index (χ4n) is 2.97. The SMILES string of the molecule is c1csc(-c2cncc(-n3nnc(-c4cccc5ccccc45)n3)c2)c1. The molecule has 0 fully saturated rings. The monoisotopic (exact) mass is 355 g/mol. The van der Waals surface area contributed by atoms with Crippen LogP contribution in [-0.4, -0.2) is 25.2 Å². The summed E-state index contributed by atoms with van der Waals surface area (Å²) >= 11 is 1.68. The van der Waals surface area contributed by atoms with Crippen molar-refractivity contribution in [1.29, 1.82) is 0 Å². The highest BCUT2D eigenvalue weighted by atomic mass is 32.1. The van der Waals surface area contributed by atoms with Gasteiger partial charge < -0.3 is 0 Å². The Kier molecular flexibility index (Phi) is 3.54. The molecule has 3 heterocycles. The number of benzene rings is 2. The van der Waals surface area contributed by atoms with Crippen LogP contribution in [0.1, 0.15) is 0 Å². The van der Waals surface area contributed by atoms with E-state index in [4.69, 9.17) is 0 Å². The predicted molar refractivity (Wildman–Crippen MR) is 103 cm³/mol. The molecular weight excluding hydrogens is 342 g/mol. The Bertz CT molecular complexity index is 1190. The summed E-state index contributed by atoms with van der Waals surface area (Å²) in [5.41, 5.74) is 2.80. The van der Waals surface area contributed by atoms with Crippen molar-refractivity contribution in [3.8, 4) is 27.5 Å². The van der Waals surface area contributed by atoms with Gasteiger partial charge in [-0.2, -0.15) is 0 Å². The number of hydrogen-bond acceptors (Lipinski definition) is 5. The van der Waals surface area contributed by atoms with Gasteiger partial charge in [-0.3, -0.25) is 4.98 Å². The number of hydrogen-bond donors (Lipinski definition) is 0. The highest BCUT2D eigenvalue weighted by Gasteiger charge is 2.11. The number of aromatic nitrogens is 5. The zero-order valence-corrected chi connectivity index (χ0v) is 14.5. The molecule has 2 aromatic carbocycles. The lowest BCUT2D eigenvalue weighted by Gasteiger charge is -2.02. The molecule has 0 spiro atoms. The average Bonchev–Trinajstić information content (AvgIpc) is 3.40. The standard InChI is InChI=1S/C20H13N5S/c1-2-7-17-14(5-1)6-3-8-18(17)20-22-24-25(23-20)16-11-15(12-21-13-16)19-9-4-10-26-19/h1-13H. The van der Waals surface area contributed by atoms with E-state index in [1.807, 2.05) is 48.0 Å². The molecule has 0 atom stereocenters. The van der Waals surface area contributed by atoms with Gasteiger partial charge in [-0.25, -0.2) is 0 Å². The molecule has 0 bridgehead atoms. The Morgan fingerprint density at radius 3 is 2.73 bits per heavy atom. The van der Waals surface area contributed by atoms with Crippen molar-refractivity contribution in [1.82, 2.24) is 25.2 Å². The molecule has 0 saturated carbocycles. The smallest absolute Gasteiger partial charge is 0.205 e. The van der Waals surface area contributed by atoms with Gasteiger partial charge >= 0.3 is 0 Å². The lowest BCUT2D eigenvalue weighted by molar-refractivity contribution is 0.717. The molecule has 5 rings (SSSR count). The zero-order chi connectivity index (χ0) is 17.3. The van der Waals surface area contributed by atoms with Crippen LogP contribution >= 0.6 is 11.3 Å². The van der Waals surface area contributed by atoms with Crippen molar-refractivity contribution < 1.29 is 0 Å². The Morgan fingerprint density at radius 1 is 0.885 bits per heavy atom. The summed E-state index contributed by atoms with van der Waals surface area (Å²) in [6, 6.07) is 20.4. The van der Waals surface area contributed by atoms with E-state index < -0.39 is 0 Å². The van der Waals surface area contributed by atoms with Crippen molar-refractivity contribution in [2.75, 3.05) is 0 Å². The first-order valence-electron chi connectivity index (χ1n) is 8.16. The summed E-state index contributed by atoms with van der Waals surface area (Å²) in [5, 5.41) is 17.4. The van der Waals surface area contributed by atoms with Gasteiger partial charge in [0.1, 0.15) is 5.69 Å². The fraction of sp³-hybridized carbons (Fsp3) is 0. The van der Waals surface area contributed by atoms with Crippen LogP contribution in [0.4, 0.5) is 0 Å². The number of tetrazole rings is 1. The first-order chi connectivity index (χ1) is 12.9. The molecule has 0 radical (unpaired) electrons. The second-order valence-electron chi connectivity index (χ2n) is 5.84. The summed E-state index contributed by atoms with van der Waals surface area (Å²) in [6.07, 6.45) is 3.59. The highest BCUT2D eigenvalue weighted by molar-refractivity contribution is 7.13. The molecule has 124 valence electrons. The first-order valence-corrected chi connectivity index (χ1v) is 9.04. The van der Waals surface area contributed by atoms with E-state index in [9.17, 15) is 0 Å². The first kappa shape index (κ1) is 14.9. The molecule has 3 aromatic heterocycles. The highest BCUT2D eigenvalue weighted by Crippen LogP contribution is 2.27. The van der Waals surface area contributed by atoms with Crippen molar-refractivity contribution in [2.24, 2.45) is 0 Å². The van der Waals surface area contributed by atoms with Gasteiger partial charge in [-0.15, -0.1) is 26.3 Å². The van der Waals surface area contributed by atoms with Gasteiger partial charge in [0.15, 0.2) is 0 Å². The van der Waals surface area contributed by atoms with E-state index in [0.29, 0.717) is 5.82 Å². The van der Waals surface area contributed by atoms with E-state index in [-0.39, 0.29) is 0 Å². The summed E-state index contributed by atoms with van der Waals surface area (Å²) in [7, 11) is 0. The van der Waals surface area contributed by atoms with Crippen LogP contribution in [0, 0.1) is 0 Å². The number of nitrogens with zero attached hydrogens (tertiary/aromatic N) is 5. The average molecular weight is 355 g/mol. The lowest BCUT2D eigenvalue weighted by atomic mass is 10.0. The second-order valence-corrected chi connectivity index (χ2v) is 6.79. The van der Waals surface area contributed by atoms with E-state index in [1.54, 1.807) is 17.5 Å². The topological polar surface area (TPSA) is 56.5 Å². The van der Waals surface area contributed by atoms with Crippen LogP contribution in [0.3, 0.4) is 0 Å². The third-order valence-electron chi connectivity index (χ3n) is 4.20. The maximum Gasteiger partial charge on any atom is 0.205 e. The number of fused-ring (bicyclic) bond motifs is 1. The summed E-state index contributed by atoms with van der Waals surface area (Å²) in [6.45, 7) is 0. The van der Waals surface area contributed by atoms with Crippen molar-refractivity contribution >= 4 is 22.1 Å². The molecular formula is C20H13N5S. The third-order valence-corrected chi connectivity index (χ3v) is 5.12. The molecule has 5 nitrogen and oxygen atoms in total. The lowest BCUT2D eigenvalue weighted by Crippen LogP contribution is -2.00. The molecule has 6 heteroatoms. The Labute approximate surface area is 153 Å².